The lowest BCUT2D eigenvalue weighted by atomic mass is 9.93. The molecule has 4 nitrogen and oxygen atoms in total. The van der Waals surface area contributed by atoms with Crippen LogP contribution in [0.1, 0.15) is 30.4 Å². The molecule has 1 fully saturated rings. The molecule has 21 heavy (non-hydrogen) atoms. The molecule has 0 atom stereocenters. The van der Waals surface area contributed by atoms with Crippen LogP contribution < -0.4 is 0 Å². The summed E-state index contributed by atoms with van der Waals surface area (Å²) < 4.78 is 1.02. The molecule has 0 aromatic heterocycles. The molecule has 1 aliphatic heterocycles. The maximum absolute atomic E-state index is 12.3. The summed E-state index contributed by atoms with van der Waals surface area (Å²) in [6.07, 6.45) is 2.20. The number of aryl methyl sites for hydroxylation is 1. The van der Waals surface area contributed by atoms with Gasteiger partial charge >= 0.3 is 5.97 Å². The number of amides is 1. The van der Waals surface area contributed by atoms with E-state index in [1.807, 2.05) is 30.0 Å². The predicted molar refractivity (Wildman–Crippen MR) is 84.1 cm³/mol. The van der Waals surface area contributed by atoms with E-state index in [4.69, 9.17) is 5.11 Å². The number of aliphatic carboxylic acids is 1. The van der Waals surface area contributed by atoms with Gasteiger partial charge in [0.2, 0.25) is 5.91 Å². The lowest BCUT2D eigenvalue weighted by Gasteiger charge is -2.31. The standard InChI is InChI=1S/C16H20BrNO3/c1-11-2-3-13(8-14(11)17)9-15(19)18-6-4-12(5-7-18)10-16(20)21/h2-3,8,12H,4-7,9-10H2,1H3,(H,20,21). The van der Waals surface area contributed by atoms with Crippen LogP contribution in [0.2, 0.25) is 0 Å². The average Bonchev–Trinajstić information content (AvgIpc) is 2.43. The van der Waals surface area contributed by atoms with Crippen molar-refractivity contribution >= 4 is 27.8 Å². The Morgan fingerprint density at radius 3 is 2.57 bits per heavy atom. The number of benzene rings is 1. The number of likely N-dealkylation sites (tertiary alicyclic amines) is 1. The molecule has 1 aromatic rings. The number of carbonyl (C=O) groups is 2. The number of halogens is 1. The highest BCUT2D eigenvalue weighted by molar-refractivity contribution is 9.10. The van der Waals surface area contributed by atoms with Gasteiger partial charge in [0.25, 0.3) is 0 Å². The zero-order chi connectivity index (χ0) is 15.4. The zero-order valence-corrected chi connectivity index (χ0v) is 13.7. The Balaban J connectivity index is 1.87. The van der Waals surface area contributed by atoms with Crippen LogP contribution in [0, 0.1) is 12.8 Å². The molecule has 1 aromatic carbocycles. The van der Waals surface area contributed by atoms with Gasteiger partial charge in [0.05, 0.1) is 6.42 Å². The van der Waals surface area contributed by atoms with E-state index >= 15 is 0 Å². The lowest BCUT2D eigenvalue weighted by Crippen LogP contribution is -2.39. The minimum Gasteiger partial charge on any atom is -0.481 e. The Morgan fingerprint density at radius 1 is 1.33 bits per heavy atom. The molecule has 1 heterocycles. The number of carboxylic acid groups (broad SMARTS) is 1. The third kappa shape index (κ3) is 4.56. The smallest absolute Gasteiger partial charge is 0.303 e. The molecule has 0 unspecified atom stereocenters. The van der Waals surface area contributed by atoms with Gasteiger partial charge in [-0.1, -0.05) is 28.1 Å². The van der Waals surface area contributed by atoms with Crippen LogP contribution in [0.3, 0.4) is 0 Å². The fourth-order valence-electron chi connectivity index (χ4n) is 2.67. The predicted octanol–water partition coefficient (Wildman–Crippen LogP) is 3.01. The van der Waals surface area contributed by atoms with Gasteiger partial charge in [0, 0.05) is 24.0 Å². The third-order valence-electron chi connectivity index (χ3n) is 4.02. The first kappa shape index (κ1) is 16.0. The van der Waals surface area contributed by atoms with Gasteiger partial charge < -0.3 is 10.0 Å². The molecule has 1 aliphatic rings. The molecule has 0 aliphatic carbocycles. The summed E-state index contributed by atoms with van der Waals surface area (Å²) in [7, 11) is 0. The van der Waals surface area contributed by atoms with E-state index in [2.05, 4.69) is 15.9 Å². The molecule has 0 spiro atoms. The minimum absolute atomic E-state index is 0.125. The molecule has 0 bridgehead atoms. The van der Waals surface area contributed by atoms with Crippen molar-refractivity contribution in [3.05, 3.63) is 33.8 Å². The van der Waals surface area contributed by atoms with Gasteiger partial charge in [-0.25, -0.2) is 0 Å². The summed E-state index contributed by atoms with van der Waals surface area (Å²) in [4.78, 5) is 24.8. The lowest BCUT2D eigenvalue weighted by molar-refractivity contribution is -0.138. The van der Waals surface area contributed by atoms with E-state index in [9.17, 15) is 9.59 Å². The second kappa shape index (κ2) is 7.07. The van der Waals surface area contributed by atoms with E-state index in [-0.39, 0.29) is 18.2 Å². The summed E-state index contributed by atoms with van der Waals surface area (Å²) in [5.74, 6) is -0.413. The molecule has 1 amide bonds. The van der Waals surface area contributed by atoms with Crippen LogP contribution in [0.15, 0.2) is 22.7 Å². The molecule has 1 saturated heterocycles. The van der Waals surface area contributed by atoms with Gasteiger partial charge in [-0.15, -0.1) is 0 Å². The number of hydrogen-bond acceptors (Lipinski definition) is 2. The Kier molecular flexibility index (Phi) is 5.39. The maximum Gasteiger partial charge on any atom is 0.303 e. The Bertz CT molecular complexity index is 536. The van der Waals surface area contributed by atoms with Crippen molar-refractivity contribution in [2.45, 2.75) is 32.6 Å². The van der Waals surface area contributed by atoms with Crippen molar-refractivity contribution in [1.29, 1.82) is 0 Å². The van der Waals surface area contributed by atoms with Crippen LogP contribution in [0.25, 0.3) is 0 Å². The maximum atomic E-state index is 12.3. The van der Waals surface area contributed by atoms with E-state index < -0.39 is 5.97 Å². The highest BCUT2D eigenvalue weighted by atomic mass is 79.9. The summed E-state index contributed by atoms with van der Waals surface area (Å²) in [6.45, 7) is 3.36. The Hall–Kier alpha value is -1.36. The Morgan fingerprint density at radius 2 is 2.00 bits per heavy atom. The van der Waals surface area contributed by atoms with E-state index in [1.165, 1.54) is 0 Å². The number of carbonyl (C=O) groups excluding carboxylic acids is 1. The van der Waals surface area contributed by atoms with Crippen molar-refractivity contribution in [3.63, 3.8) is 0 Å². The molecule has 0 saturated carbocycles. The first-order chi connectivity index (χ1) is 9.95. The first-order valence-corrected chi connectivity index (χ1v) is 7.99. The minimum atomic E-state index is -0.746. The molecule has 5 heteroatoms. The Labute approximate surface area is 133 Å². The van der Waals surface area contributed by atoms with E-state index in [1.54, 1.807) is 0 Å². The van der Waals surface area contributed by atoms with E-state index in [0.717, 1.165) is 28.4 Å². The van der Waals surface area contributed by atoms with Crippen molar-refractivity contribution in [1.82, 2.24) is 4.90 Å². The van der Waals surface area contributed by atoms with Crippen LogP contribution in [-0.2, 0) is 16.0 Å². The molecular weight excluding hydrogens is 334 g/mol. The van der Waals surface area contributed by atoms with Gasteiger partial charge in [-0.05, 0) is 42.9 Å². The largest absolute Gasteiger partial charge is 0.481 e. The van der Waals surface area contributed by atoms with Crippen LogP contribution in [0.5, 0.6) is 0 Å². The highest BCUT2D eigenvalue weighted by Crippen LogP contribution is 2.22. The van der Waals surface area contributed by atoms with Gasteiger partial charge in [-0.3, -0.25) is 9.59 Å². The summed E-state index contributed by atoms with van der Waals surface area (Å²) >= 11 is 3.48. The topological polar surface area (TPSA) is 57.6 Å². The quantitative estimate of drug-likeness (QED) is 0.904. The molecule has 0 radical (unpaired) electrons. The molecule has 1 N–H and O–H groups in total. The zero-order valence-electron chi connectivity index (χ0n) is 12.1. The van der Waals surface area contributed by atoms with Crippen molar-refractivity contribution in [2.75, 3.05) is 13.1 Å². The van der Waals surface area contributed by atoms with Gasteiger partial charge in [-0.2, -0.15) is 0 Å². The summed E-state index contributed by atoms with van der Waals surface area (Å²) in [6, 6.07) is 5.98. The number of nitrogens with zero attached hydrogens (tertiary/aromatic N) is 1. The number of carboxylic acids is 1. The SMILES string of the molecule is Cc1ccc(CC(=O)N2CCC(CC(=O)O)CC2)cc1Br. The normalized spacial score (nSPS) is 16.0. The molecule has 114 valence electrons. The van der Waals surface area contributed by atoms with Gasteiger partial charge in [0.1, 0.15) is 0 Å². The second-order valence-corrected chi connectivity index (χ2v) is 6.54. The van der Waals surface area contributed by atoms with Crippen LogP contribution in [-0.4, -0.2) is 35.0 Å². The van der Waals surface area contributed by atoms with Crippen LogP contribution in [0.4, 0.5) is 0 Å². The van der Waals surface area contributed by atoms with Crippen molar-refractivity contribution < 1.29 is 14.7 Å². The monoisotopic (exact) mass is 353 g/mol. The number of piperidine rings is 1. The number of hydrogen-bond donors (Lipinski definition) is 1. The van der Waals surface area contributed by atoms with Gasteiger partial charge in [0.15, 0.2) is 0 Å². The van der Waals surface area contributed by atoms with Crippen molar-refractivity contribution in [2.24, 2.45) is 5.92 Å². The number of rotatable bonds is 4. The van der Waals surface area contributed by atoms with Crippen LogP contribution >= 0.6 is 15.9 Å². The van der Waals surface area contributed by atoms with Crippen molar-refractivity contribution in [3.8, 4) is 0 Å². The third-order valence-corrected chi connectivity index (χ3v) is 4.88. The fourth-order valence-corrected chi connectivity index (χ4v) is 3.09. The highest BCUT2D eigenvalue weighted by Gasteiger charge is 2.24. The second-order valence-electron chi connectivity index (χ2n) is 5.68. The summed E-state index contributed by atoms with van der Waals surface area (Å²) in [5, 5.41) is 8.80. The van der Waals surface area contributed by atoms with E-state index in [0.29, 0.717) is 19.5 Å². The molecule has 2 rings (SSSR count). The fraction of sp³-hybridized carbons (Fsp3) is 0.500. The first-order valence-electron chi connectivity index (χ1n) is 7.20. The summed E-state index contributed by atoms with van der Waals surface area (Å²) in [5.41, 5.74) is 2.16. The average molecular weight is 354 g/mol. The molecular formula is C16H20BrNO3.